The molecule has 5 aromatic rings. The van der Waals surface area contributed by atoms with Crippen LogP contribution in [-0.4, -0.2) is 60.9 Å². The molecule has 0 radical (unpaired) electrons. The zero-order valence-corrected chi connectivity index (χ0v) is 30.2. The lowest BCUT2D eigenvalue weighted by atomic mass is 9.86. The minimum Gasteiger partial charge on any atom is -0.395 e. The summed E-state index contributed by atoms with van der Waals surface area (Å²) in [5.41, 5.74) is 3.28. The van der Waals surface area contributed by atoms with E-state index in [9.17, 15) is 23.1 Å². The summed E-state index contributed by atoms with van der Waals surface area (Å²) in [6, 6.07) is 21.8. The molecule has 1 aromatic heterocycles. The van der Waals surface area contributed by atoms with Crippen LogP contribution in [0.2, 0.25) is 0 Å². The van der Waals surface area contributed by atoms with E-state index in [1.54, 1.807) is 30.5 Å². The van der Waals surface area contributed by atoms with Crippen molar-refractivity contribution in [2.24, 2.45) is 0 Å². The molecule has 0 saturated heterocycles. The summed E-state index contributed by atoms with van der Waals surface area (Å²) in [7, 11) is -4.25. The van der Waals surface area contributed by atoms with Crippen molar-refractivity contribution in [3.05, 3.63) is 117 Å². The topological polar surface area (TPSA) is 142 Å². The van der Waals surface area contributed by atoms with E-state index in [1.807, 2.05) is 30.3 Å². The molecule has 1 aliphatic heterocycles. The molecule has 258 valence electrons. The van der Waals surface area contributed by atoms with Gasteiger partial charge in [-0.2, -0.15) is 0 Å². The molecule has 0 saturated carbocycles. The fourth-order valence-corrected chi connectivity index (χ4v) is 7.72. The first-order valence-electron chi connectivity index (χ1n) is 16.6. The van der Waals surface area contributed by atoms with E-state index >= 15 is 0 Å². The number of halogens is 1. The SMILES string of the molecule is CCCN(CCC)c1ncc(Br)c(-c2ccc(C(=O)NS(=O)(=O)c3ccc4ccccc4c3)cc2C(=O)c2cccc3c2CC(CO)NC3)n1. The van der Waals surface area contributed by atoms with Gasteiger partial charge >= 0.3 is 0 Å². The van der Waals surface area contributed by atoms with Crippen molar-refractivity contribution >= 4 is 54.4 Å². The smallest absolute Gasteiger partial charge is 0.265 e. The Balaban J connectivity index is 1.44. The van der Waals surface area contributed by atoms with Crippen LogP contribution in [0.5, 0.6) is 0 Å². The van der Waals surface area contributed by atoms with E-state index in [1.165, 1.54) is 24.3 Å². The second kappa shape index (κ2) is 15.2. The molecule has 4 aromatic carbocycles. The summed E-state index contributed by atoms with van der Waals surface area (Å²) in [6.07, 6.45) is 3.89. The highest BCUT2D eigenvalue weighted by molar-refractivity contribution is 9.10. The Morgan fingerprint density at radius 3 is 2.46 bits per heavy atom. The highest BCUT2D eigenvalue weighted by atomic mass is 79.9. The minimum atomic E-state index is -4.25. The standard InChI is InChI=1S/C38H38BrN5O5S/c1-3-16-44(17-4-2)38-41-22-34(39)35(42-38)30-15-13-26(37(47)43-50(48,49)29-14-12-24-8-5-6-9-25(24)18-29)19-33(30)36(46)31-11-7-10-27-21-40-28(23-45)20-32(27)31/h5-15,18-19,22,28,40,45H,3-4,16-17,20-21,23H2,1-2H3,(H,43,47). The third-order valence-electron chi connectivity index (χ3n) is 8.81. The number of anilines is 1. The number of carbonyl (C=O) groups is 2. The second-order valence-electron chi connectivity index (χ2n) is 12.3. The van der Waals surface area contributed by atoms with Gasteiger partial charge in [-0.25, -0.2) is 23.1 Å². The number of aliphatic hydroxyl groups is 1. The lowest BCUT2D eigenvalue weighted by Crippen LogP contribution is -2.39. The van der Waals surface area contributed by atoms with Gasteiger partial charge in [0.05, 0.1) is 21.7 Å². The highest BCUT2D eigenvalue weighted by Crippen LogP contribution is 2.34. The first kappa shape index (κ1) is 35.3. The number of nitrogens with zero attached hydrogens (tertiary/aromatic N) is 3. The Bertz CT molecular complexity index is 2190. The molecular weight excluding hydrogens is 718 g/mol. The summed E-state index contributed by atoms with van der Waals surface area (Å²) in [6.45, 7) is 6.08. The quantitative estimate of drug-likeness (QED) is 0.130. The van der Waals surface area contributed by atoms with Crippen LogP contribution in [0.1, 0.15) is 64.1 Å². The highest BCUT2D eigenvalue weighted by Gasteiger charge is 2.28. The van der Waals surface area contributed by atoms with Crippen LogP contribution in [0.4, 0.5) is 5.95 Å². The van der Waals surface area contributed by atoms with Crippen LogP contribution in [0, 0.1) is 0 Å². The van der Waals surface area contributed by atoms with E-state index < -0.39 is 15.9 Å². The number of aromatic nitrogens is 2. The number of hydrogen-bond donors (Lipinski definition) is 3. The van der Waals surface area contributed by atoms with Crippen molar-refractivity contribution < 1.29 is 23.1 Å². The zero-order chi connectivity index (χ0) is 35.4. The maximum absolute atomic E-state index is 14.6. The maximum Gasteiger partial charge on any atom is 0.265 e. The van der Waals surface area contributed by atoms with Crippen LogP contribution in [0.25, 0.3) is 22.0 Å². The van der Waals surface area contributed by atoms with Crippen LogP contribution in [0.3, 0.4) is 0 Å². The number of nitrogens with one attached hydrogen (secondary N) is 2. The number of sulfonamides is 1. The number of aliphatic hydroxyl groups excluding tert-OH is 1. The molecule has 50 heavy (non-hydrogen) atoms. The van der Waals surface area contributed by atoms with Gasteiger partial charge in [0.25, 0.3) is 15.9 Å². The molecule has 2 heterocycles. The van der Waals surface area contributed by atoms with E-state index in [2.05, 4.69) is 49.7 Å². The van der Waals surface area contributed by atoms with Crippen molar-refractivity contribution in [2.75, 3.05) is 24.6 Å². The summed E-state index contributed by atoms with van der Waals surface area (Å²) >= 11 is 3.59. The Kier molecular flexibility index (Phi) is 10.7. The average molecular weight is 757 g/mol. The van der Waals surface area contributed by atoms with Crippen molar-refractivity contribution in [3.8, 4) is 11.3 Å². The molecule has 0 fully saturated rings. The van der Waals surface area contributed by atoms with Crippen molar-refractivity contribution in [2.45, 2.75) is 50.6 Å². The van der Waals surface area contributed by atoms with Crippen molar-refractivity contribution in [1.29, 1.82) is 0 Å². The Labute approximate surface area is 300 Å². The first-order chi connectivity index (χ1) is 24.1. The zero-order valence-electron chi connectivity index (χ0n) is 27.8. The molecule has 0 spiro atoms. The maximum atomic E-state index is 14.6. The molecule has 3 N–H and O–H groups in total. The van der Waals surface area contributed by atoms with Gasteiger partial charge in [0.2, 0.25) is 5.95 Å². The Hall–Kier alpha value is -4.49. The van der Waals surface area contributed by atoms with Gasteiger partial charge in [0, 0.05) is 54.1 Å². The Morgan fingerprint density at radius 2 is 1.72 bits per heavy atom. The normalized spacial score (nSPS) is 14.3. The predicted octanol–water partition coefficient (Wildman–Crippen LogP) is 6.04. The number of carbonyl (C=O) groups excluding carboxylic acids is 2. The number of benzene rings is 4. The lowest BCUT2D eigenvalue weighted by Gasteiger charge is -2.26. The van der Waals surface area contributed by atoms with Gasteiger partial charge in [0.15, 0.2) is 5.78 Å². The first-order valence-corrected chi connectivity index (χ1v) is 18.9. The summed E-state index contributed by atoms with van der Waals surface area (Å²) in [5, 5.41) is 14.8. The molecule has 1 unspecified atom stereocenters. The average Bonchev–Trinajstić information content (AvgIpc) is 3.13. The molecule has 10 nitrogen and oxygen atoms in total. The van der Waals surface area contributed by atoms with E-state index in [0.29, 0.717) is 40.2 Å². The van der Waals surface area contributed by atoms with E-state index in [4.69, 9.17) is 4.98 Å². The summed E-state index contributed by atoms with van der Waals surface area (Å²) in [4.78, 5) is 39.8. The van der Waals surface area contributed by atoms with Crippen LogP contribution >= 0.6 is 15.9 Å². The third kappa shape index (κ3) is 7.34. The Morgan fingerprint density at radius 1 is 0.960 bits per heavy atom. The largest absolute Gasteiger partial charge is 0.395 e. The number of hydrogen-bond acceptors (Lipinski definition) is 9. The van der Waals surface area contributed by atoms with E-state index in [-0.39, 0.29) is 34.5 Å². The van der Waals surface area contributed by atoms with Crippen molar-refractivity contribution in [1.82, 2.24) is 20.0 Å². The van der Waals surface area contributed by atoms with Gasteiger partial charge in [-0.3, -0.25) is 9.59 Å². The van der Waals surface area contributed by atoms with Gasteiger partial charge < -0.3 is 15.3 Å². The molecule has 1 atom stereocenters. The van der Waals surface area contributed by atoms with Crippen molar-refractivity contribution in [3.63, 3.8) is 0 Å². The second-order valence-corrected chi connectivity index (χ2v) is 14.8. The molecule has 0 bridgehead atoms. The summed E-state index contributed by atoms with van der Waals surface area (Å²) in [5.74, 6) is -0.714. The number of ketones is 1. The van der Waals surface area contributed by atoms with Gasteiger partial charge in [-0.1, -0.05) is 68.4 Å². The summed E-state index contributed by atoms with van der Waals surface area (Å²) < 4.78 is 29.6. The monoisotopic (exact) mass is 755 g/mol. The minimum absolute atomic E-state index is 0.00911. The van der Waals surface area contributed by atoms with Crippen LogP contribution in [-0.2, 0) is 23.0 Å². The fraction of sp³-hybridized carbons (Fsp3) is 0.263. The van der Waals surface area contributed by atoms with E-state index in [0.717, 1.165) is 47.8 Å². The third-order valence-corrected chi connectivity index (χ3v) is 10.7. The molecule has 1 amide bonds. The van der Waals surface area contributed by atoms with Gasteiger partial charge in [-0.15, -0.1) is 0 Å². The number of rotatable bonds is 12. The molecule has 0 aliphatic carbocycles. The molecule has 6 rings (SSSR count). The van der Waals surface area contributed by atoms with Gasteiger partial charge in [-0.05, 0) is 81.4 Å². The molecular formula is C38H38BrN5O5S. The van der Waals surface area contributed by atoms with Crippen LogP contribution in [0.15, 0.2) is 94.4 Å². The fourth-order valence-electron chi connectivity index (χ4n) is 6.31. The molecule has 12 heteroatoms. The number of fused-ring (bicyclic) bond motifs is 2. The van der Waals surface area contributed by atoms with Crippen LogP contribution < -0.4 is 14.9 Å². The predicted molar refractivity (Wildman–Crippen MR) is 198 cm³/mol. The van der Waals surface area contributed by atoms with Gasteiger partial charge in [0.1, 0.15) is 0 Å². The lowest BCUT2D eigenvalue weighted by molar-refractivity contribution is 0.0981. The number of amides is 1. The molecule has 1 aliphatic rings.